The average molecular weight is 230 g/mol. The molecule has 0 heterocycles. The molecule has 0 aromatic rings. The van der Waals surface area contributed by atoms with Crippen molar-refractivity contribution in [1.82, 2.24) is 4.90 Å². The quantitative estimate of drug-likeness (QED) is 0.726. The van der Waals surface area contributed by atoms with Gasteiger partial charge in [-0.3, -0.25) is 4.79 Å². The summed E-state index contributed by atoms with van der Waals surface area (Å²) < 4.78 is 0. The normalized spacial score (nSPS) is 16.2. The fourth-order valence-corrected chi connectivity index (χ4v) is 1.71. The third-order valence-electron chi connectivity index (χ3n) is 2.47. The van der Waals surface area contributed by atoms with Gasteiger partial charge in [0.15, 0.2) is 0 Å². The summed E-state index contributed by atoms with van der Waals surface area (Å²) in [5.41, 5.74) is 4.83. The van der Waals surface area contributed by atoms with Crippen molar-refractivity contribution in [2.24, 2.45) is 11.1 Å². The first-order valence-electron chi connectivity index (χ1n) is 5.75. The van der Waals surface area contributed by atoms with Crippen molar-refractivity contribution in [2.45, 2.75) is 46.1 Å². The van der Waals surface area contributed by atoms with E-state index < -0.39 is 11.5 Å². The minimum Gasteiger partial charge on any atom is -0.480 e. The number of carboxylic acids is 1. The number of nitrogens with zero attached hydrogens (tertiary/aromatic N) is 1. The second-order valence-corrected chi connectivity index (χ2v) is 6.12. The minimum atomic E-state index is -1.09. The van der Waals surface area contributed by atoms with E-state index in [2.05, 4.69) is 32.7 Å². The standard InChI is InChI=1S/C12H26N2O2/c1-11(2,3)9-14(5)8-6-7-12(4,13)10(15)16/h6-9,13H2,1-5H3,(H,15,16). The number of hydrogen-bond donors (Lipinski definition) is 2. The summed E-state index contributed by atoms with van der Waals surface area (Å²) in [4.78, 5) is 13.0. The van der Waals surface area contributed by atoms with Gasteiger partial charge < -0.3 is 15.7 Å². The van der Waals surface area contributed by atoms with Gasteiger partial charge in [-0.2, -0.15) is 0 Å². The second kappa shape index (κ2) is 5.64. The summed E-state index contributed by atoms with van der Waals surface area (Å²) in [7, 11) is 2.06. The highest BCUT2D eigenvalue weighted by molar-refractivity contribution is 5.77. The molecule has 0 rings (SSSR count). The van der Waals surface area contributed by atoms with E-state index >= 15 is 0 Å². The van der Waals surface area contributed by atoms with Crippen LogP contribution in [-0.2, 0) is 4.79 Å². The Hall–Kier alpha value is -0.610. The van der Waals surface area contributed by atoms with Crippen LogP contribution >= 0.6 is 0 Å². The SMILES string of the molecule is CN(CCCC(C)(N)C(=O)O)CC(C)(C)C. The highest BCUT2D eigenvalue weighted by Crippen LogP contribution is 2.15. The molecular formula is C12H26N2O2. The fourth-order valence-electron chi connectivity index (χ4n) is 1.71. The van der Waals surface area contributed by atoms with Crippen molar-refractivity contribution < 1.29 is 9.90 Å². The Morgan fingerprint density at radius 3 is 2.19 bits per heavy atom. The number of aliphatic carboxylic acids is 1. The van der Waals surface area contributed by atoms with E-state index in [-0.39, 0.29) is 5.41 Å². The van der Waals surface area contributed by atoms with Gasteiger partial charge in [-0.25, -0.2) is 0 Å². The molecule has 16 heavy (non-hydrogen) atoms. The molecule has 0 radical (unpaired) electrons. The molecule has 0 aliphatic heterocycles. The van der Waals surface area contributed by atoms with Crippen molar-refractivity contribution >= 4 is 5.97 Å². The number of nitrogens with two attached hydrogens (primary N) is 1. The number of rotatable bonds is 6. The lowest BCUT2D eigenvalue weighted by molar-refractivity contribution is -0.142. The molecule has 4 nitrogen and oxygen atoms in total. The van der Waals surface area contributed by atoms with Gasteiger partial charge in [-0.1, -0.05) is 20.8 Å². The molecule has 0 aliphatic rings. The molecule has 4 heteroatoms. The molecule has 1 atom stereocenters. The third-order valence-corrected chi connectivity index (χ3v) is 2.47. The maximum absolute atomic E-state index is 10.8. The maximum atomic E-state index is 10.8. The zero-order chi connectivity index (χ0) is 13.0. The van der Waals surface area contributed by atoms with Crippen LogP contribution < -0.4 is 5.73 Å². The van der Waals surface area contributed by atoms with Gasteiger partial charge in [0.25, 0.3) is 0 Å². The van der Waals surface area contributed by atoms with Crippen LogP contribution in [0.25, 0.3) is 0 Å². The summed E-state index contributed by atoms with van der Waals surface area (Å²) in [6.07, 6.45) is 1.32. The molecule has 0 amide bonds. The van der Waals surface area contributed by atoms with E-state index in [1.165, 1.54) is 0 Å². The topological polar surface area (TPSA) is 66.6 Å². The molecule has 0 saturated heterocycles. The molecule has 0 bridgehead atoms. The lowest BCUT2D eigenvalue weighted by Crippen LogP contribution is -2.45. The Kier molecular flexibility index (Phi) is 5.42. The summed E-state index contributed by atoms with van der Waals surface area (Å²) >= 11 is 0. The molecule has 0 aliphatic carbocycles. The Bertz CT molecular complexity index is 232. The fraction of sp³-hybridized carbons (Fsp3) is 0.917. The zero-order valence-electron chi connectivity index (χ0n) is 11.2. The molecule has 0 aromatic carbocycles. The van der Waals surface area contributed by atoms with Crippen molar-refractivity contribution in [3.8, 4) is 0 Å². The van der Waals surface area contributed by atoms with E-state index in [1.54, 1.807) is 6.92 Å². The van der Waals surface area contributed by atoms with Crippen molar-refractivity contribution in [3.63, 3.8) is 0 Å². The zero-order valence-corrected chi connectivity index (χ0v) is 11.2. The Morgan fingerprint density at radius 1 is 1.31 bits per heavy atom. The van der Waals surface area contributed by atoms with Gasteiger partial charge in [-0.05, 0) is 38.8 Å². The van der Waals surface area contributed by atoms with Crippen molar-refractivity contribution in [2.75, 3.05) is 20.1 Å². The van der Waals surface area contributed by atoms with Crippen LogP contribution in [-0.4, -0.2) is 41.7 Å². The van der Waals surface area contributed by atoms with Crippen LogP contribution in [0.5, 0.6) is 0 Å². The van der Waals surface area contributed by atoms with E-state index in [9.17, 15) is 4.79 Å². The molecule has 1 unspecified atom stereocenters. The lowest BCUT2D eigenvalue weighted by Gasteiger charge is -2.27. The number of carbonyl (C=O) groups is 1. The van der Waals surface area contributed by atoms with E-state index in [0.717, 1.165) is 19.5 Å². The number of hydrogen-bond acceptors (Lipinski definition) is 3. The third kappa shape index (κ3) is 6.80. The molecular weight excluding hydrogens is 204 g/mol. The highest BCUT2D eigenvalue weighted by Gasteiger charge is 2.27. The van der Waals surface area contributed by atoms with Gasteiger partial charge in [0.05, 0.1) is 0 Å². The first-order chi connectivity index (χ1) is 7.04. The summed E-state index contributed by atoms with van der Waals surface area (Å²) in [5, 5.41) is 8.85. The Balaban J connectivity index is 3.87. The van der Waals surface area contributed by atoms with Crippen molar-refractivity contribution in [1.29, 1.82) is 0 Å². The largest absolute Gasteiger partial charge is 0.480 e. The monoisotopic (exact) mass is 230 g/mol. The summed E-state index contributed by atoms with van der Waals surface area (Å²) in [6.45, 7) is 10.0. The maximum Gasteiger partial charge on any atom is 0.323 e. The van der Waals surface area contributed by atoms with Crippen LogP contribution in [0, 0.1) is 5.41 Å². The minimum absolute atomic E-state index is 0.271. The van der Waals surface area contributed by atoms with Gasteiger partial charge in [0.1, 0.15) is 5.54 Å². The molecule has 0 fully saturated rings. The van der Waals surface area contributed by atoms with Gasteiger partial charge >= 0.3 is 5.97 Å². The molecule has 0 aromatic heterocycles. The van der Waals surface area contributed by atoms with Crippen LogP contribution in [0.3, 0.4) is 0 Å². The van der Waals surface area contributed by atoms with E-state index in [0.29, 0.717) is 6.42 Å². The second-order valence-electron chi connectivity index (χ2n) is 6.12. The predicted molar refractivity (Wildman–Crippen MR) is 66.4 cm³/mol. The predicted octanol–water partition coefficient (Wildman–Crippen LogP) is 1.55. The van der Waals surface area contributed by atoms with Gasteiger partial charge in [0, 0.05) is 6.54 Å². The molecule has 0 spiro atoms. The van der Waals surface area contributed by atoms with E-state index in [1.807, 2.05) is 0 Å². The van der Waals surface area contributed by atoms with Crippen LogP contribution in [0.1, 0.15) is 40.5 Å². The Morgan fingerprint density at radius 2 is 1.81 bits per heavy atom. The molecule has 0 saturated carbocycles. The first kappa shape index (κ1) is 15.4. The summed E-state index contributed by atoms with van der Waals surface area (Å²) in [5.74, 6) is -0.925. The molecule has 96 valence electrons. The Labute approximate surface area is 98.8 Å². The van der Waals surface area contributed by atoms with Gasteiger partial charge in [-0.15, -0.1) is 0 Å². The average Bonchev–Trinajstić information content (AvgIpc) is 1.99. The first-order valence-corrected chi connectivity index (χ1v) is 5.75. The van der Waals surface area contributed by atoms with E-state index in [4.69, 9.17) is 10.8 Å². The smallest absolute Gasteiger partial charge is 0.323 e. The highest BCUT2D eigenvalue weighted by atomic mass is 16.4. The van der Waals surface area contributed by atoms with Crippen molar-refractivity contribution in [3.05, 3.63) is 0 Å². The van der Waals surface area contributed by atoms with Crippen LogP contribution in [0.2, 0.25) is 0 Å². The number of carboxylic acid groups (broad SMARTS) is 1. The van der Waals surface area contributed by atoms with Crippen LogP contribution in [0.15, 0.2) is 0 Å². The van der Waals surface area contributed by atoms with Gasteiger partial charge in [0.2, 0.25) is 0 Å². The van der Waals surface area contributed by atoms with Crippen LogP contribution in [0.4, 0.5) is 0 Å². The summed E-state index contributed by atoms with van der Waals surface area (Å²) in [6, 6.07) is 0. The molecule has 3 N–H and O–H groups in total. The lowest BCUT2D eigenvalue weighted by atomic mass is 9.95.